The molecular weight excluding hydrogens is 228 g/mol. The van der Waals surface area contributed by atoms with Gasteiger partial charge in [0.1, 0.15) is 5.54 Å². The fourth-order valence-electron chi connectivity index (χ4n) is 3.43. The number of ether oxygens (including phenoxy) is 1. The molecule has 2 unspecified atom stereocenters. The Labute approximate surface area is 110 Å². The van der Waals surface area contributed by atoms with Crippen LogP contribution in [0.5, 0.6) is 0 Å². The van der Waals surface area contributed by atoms with Gasteiger partial charge in [0, 0.05) is 26.2 Å². The van der Waals surface area contributed by atoms with E-state index in [2.05, 4.69) is 17.1 Å². The Bertz CT molecular complexity index is 290. The van der Waals surface area contributed by atoms with E-state index in [1.165, 1.54) is 13.5 Å². The second kappa shape index (κ2) is 6.02. The molecule has 2 aliphatic rings. The van der Waals surface area contributed by atoms with E-state index >= 15 is 0 Å². The highest BCUT2D eigenvalue weighted by Gasteiger charge is 2.45. The van der Waals surface area contributed by atoms with Crippen molar-refractivity contribution in [1.82, 2.24) is 10.2 Å². The number of carbonyl (C=O) groups is 1. The summed E-state index contributed by atoms with van der Waals surface area (Å²) in [6.07, 6.45) is 5.44. The average Bonchev–Trinajstić information content (AvgIpc) is 2.62. The third-order valence-corrected chi connectivity index (χ3v) is 4.63. The molecule has 0 radical (unpaired) electrons. The van der Waals surface area contributed by atoms with Crippen molar-refractivity contribution in [2.24, 2.45) is 5.92 Å². The van der Waals surface area contributed by atoms with Crippen molar-refractivity contribution in [2.45, 2.75) is 44.6 Å². The maximum Gasteiger partial charge on any atom is 0.326 e. The van der Waals surface area contributed by atoms with Crippen LogP contribution in [-0.2, 0) is 9.53 Å². The molecule has 1 saturated carbocycles. The van der Waals surface area contributed by atoms with Gasteiger partial charge in [0.15, 0.2) is 0 Å². The SMILES string of the molecule is COC(=O)C1(N2CCNCC2)CCCC(C)CC1. The molecule has 104 valence electrons. The summed E-state index contributed by atoms with van der Waals surface area (Å²) < 4.78 is 5.14. The van der Waals surface area contributed by atoms with Gasteiger partial charge in [-0.1, -0.05) is 19.8 Å². The van der Waals surface area contributed by atoms with Gasteiger partial charge >= 0.3 is 5.97 Å². The zero-order valence-electron chi connectivity index (χ0n) is 11.7. The second-order valence-electron chi connectivity index (χ2n) is 5.80. The molecule has 0 aromatic carbocycles. The maximum absolute atomic E-state index is 12.4. The third-order valence-electron chi connectivity index (χ3n) is 4.63. The van der Waals surface area contributed by atoms with E-state index in [0.29, 0.717) is 0 Å². The minimum Gasteiger partial charge on any atom is -0.468 e. The van der Waals surface area contributed by atoms with Crippen molar-refractivity contribution in [1.29, 1.82) is 0 Å². The van der Waals surface area contributed by atoms with Gasteiger partial charge in [0.25, 0.3) is 0 Å². The predicted octanol–water partition coefficient (Wildman–Crippen LogP) is 1.40. The van der Waals surface area contributed by atoms with E-state index in [1.807, 2.05) is 0 Å². The number of hydrogen-bond acceptors (Lipinski definition) is 4. The first-order valence-electron chi connectivity index (χ1n) is 7.23. The highest BCUT2D eigenvalue weighted by atomic mass is 16.5. The van der Waals surface area contributed by atoms with Crippen molar-refractivity contribution < 1.29 is 9.53 Å². The fraction of sp³-hybridized carbons (Fsp3) is 0.929. The molecule has 0 aromatic rings. The molecule has 1 N–H and O–H groups in total. The lowest BCUT2D eigenvalue weighted by molar-refractivity contribution is -0.157. The Kier molecular flexibility index (Phi) is 4.62. The average molecular weight is 254 g/mol. The van der Waals surface area contributed by atoms with Crippen LogP contribution in [0.1, 0.15) is 39.0 Å². The van der Waals surface area contributed by atoms with Crippen molar-refractivity contribution in [2.75, 3.05) is 33.3 Å². The molecular formula is C14H26N2O2. The van der Waals surface area contributed by atoms with Gasteiger partial charge in [-0.3, -0.25) is 9.69 Å². The van der Waals surface area contributed by atoms with E-state index in [-0.39, 0.29) is 11.5 Å². The quantitative estimate of drug-likeness (QED) is 0.597. The topological polar surface area (TPSA) is 41.6 Å². The maximum atomic E-state index is 12.4. The van der Waals surface area contributed by atoms with Crippen molar-refractivity contribution in [3.63, 3.8) is 0 Å². The van der Waals surface area contributed by atoms with Crippen LogP contribution in [0.4, 0.5) is 0 Å². The molecule has 1 aliphatic carbocycles. The van der Waals surface area contributed by atoms with Crippen LogP contribution in [0.15, 0.2) is 0 Å². The van der Waals surface area contributed by atoms with Crippen LogP contribution in [0.3, 0.4) is 0 Å². The van der Waals surface area contributed by atoms with E-state index in [1.54, 1.807) is 0 Å². The van der Waals surface area contributed by atoms with E-state index < -0.39 is 0 Å². The number of hydrogen-bond donors (Lipinski definition) is 1. The minimum absolute atomic E-state index is 0.0153. The summed E-state index contributed by atoms with van der Waals surface area (Å²) in [7, 11) is 1.53. The van der Waals surface area contributed by atoms with Crippen LogP contribution in [0, 0.1) is 5.92 Å². The summed E-state index contributed by atoms with van der Waals surface area (Å²) in [4.78, 5) is 14.7. The molecule has 2 atom stereocenters. The van der Waals surface area contributed by atoms with Gasteiger partial charge in [-0.05, 0) is 25.2 Å². The van der Waals surface area contributed by atoms with Crippen molar-refractivity contribution >= 4 is 5.97 Å². The van der Waals surface area contributed by atoms with Crippen LogP contribution >= 0.6 is 0 Å². The molecule has 0 bridgehead atoms. The first-order chi connectivity index (χ1) is 8.69. The lowest BCUT2D eigenvalue weighted by Gasteiger charge is -2.43. The normalized spacial score (nSPS) is 34.9. The third kappa shape index (κ3) is 2.69. The smallest absolute Gasteiger partial charge is 0.326 e. The first kappa shape index (κ1) is 13.8. The van der Waals surface area contributed by atoms with Crippen LogP contribution in [0.25, 0.3) is 0 Å². The molecule has 2 rings (SSSR count). The molecule has 0 amide bonds. The van der Waals surface area contributed by atoms with E-state index in [9.17, 15) is 4.79 Å². The number of esters is 1. The van der Waals surface area contributed by atoms with Crippen LogP contribution in [0.2, 0.25) is 0 Å². The summed E-state index contributed by atoms with van der Waals surface area (Å²) in [6, 6.07) is 0. The molecule has 18 heavy (non-hydrogen) atoms. The largest absolute Gasteiger partial charge is 0.468 e. The molecule has 0 aromatic heterocycles. The molecule has 1 heterocycles. The number of methoxy groups -OCH3 is 1. The highest BCUT2D eigenvalue weighted by molar-refractivity contribution is 5.80. The van der Waals surface area contributed by atoms with E-state index in [4.69, 9.17) is 4.74 Å². The molecule has 1 aliphatic heterocycles. The number of carbonyl (C=O) groups excluding carboxylic acids is 1. The zero-order chi connectivity index (χ0) is 13.0. The Morgan fingerprint density at radius 3 is 2.67 bits per heavy atom. The zero-order valence-corrected chi connectivity index (χ0v) is 11.7. The Balaban J connectivity index is 2.18. The summed E-state index contributed by atoms with van der Waals surface area (Å²) >= 11 is 0. The van der Waals surface area contributed by atoms with Crippen molar-refractivity contribution in [3.8, 4) is 0 Å². The van der Waals surface area contributed by atoms with E-state index in [0.717, 1.165) is 57.8 Å². The van der Waals surface area contributed by atoms with Gasteiger partial charge in [-0.2, -0.15) is 0 Å². The number of nitrogens with one attached hydrogen (secondary N) is 1. The summed E-state index contributed by atoms with van der Waals surface area (Å²) in [5.74, 6) is 0.720. The van der Waals surface area contributed by atoms with Gasteiger partial charge in [-0.25, -0.2) is 0 Å². The lowest BCUT2D eigenvalue weighted by Crippen LogP contribution is -2.60. The summed E-state index contributed by atoms with van der Waals surface area (Å²) in [5, 5.41) is 3.36. The number of piperazine rings is 1. The Hall–Kier alpha value is -0.610. The van der Waals surface area contributed by atoms with Gasteiger partial charge < -0.3 is 10.1 Å². The molecule has 0 spiro atoms. The molecule has 4 heteroatoms. The monoisotopic (exact) mass is 254 g/mol. The Morgan fingerprint density at radius 1 is 1.28 bits per heavy atom. The molecule has 4 nitrogen and oxygen atoms in total. The van der Waals surface area contributed by atoms with Gasteiger partial charge in [0.2, 0.25) is 0 Å². The predicted molar refractivity (Wildman–Crippen MR) is 71.4 cm³/mol. The lowest BCUT2D eigenvalue weighted by atomic mass is 9.87. The number of rotatable bonds is 2. The van der Waals surface area contributed by atoms with Crippen LogP contribution in [-0.4, -0.2) is 49.7 Å². The minimum atomic E-state index is -0.346. The molecule has 1 saturated heterocycles. The van der Waals surface area contributed by atoms with Gasteiger partial charge in [0.05, 0.1) is 7.11 Å². The summed E-state index contributed by atoms with van der Waals surface area (Å²) in [6.45, 7) is 6.18. The Morgan fingerprint density at radius 2 is 2.00 bits per heavy atom. The molecule has 2 fully saturated rings. The second-order valence-corrected chi connectivity index (χ2v) is 5.80. The number of nitrogens with zero attached hydrogens (tertiary/aromatic N) is 1. The summed E-state index contributed by atoms with van der Waals surface area (Å²) in [5.41, 5.74) is -0.346. The van der Waals surface area contributed by atoms with Gasteiger partial charge in [-0.15, -0.1) is 0 Å². The van der Waals surface area contributed by atoms with Crippen molar-refractivity contribution in [3.05, 3.63) is 0 Å². The standard InChI is InChI=1S/C14H26N2O2/c1-12-4-3-6-14(7-5-12,13(17)18-2)16-10-8-15-9-11-16/h12,15H,3-11H2,1-2H3. The first-order valence-corrected chi connectivity index (χ1v) is 7.23. The highest BCUT2D eigenvalue weighted by Crippen LogP contribution is 2.36. The fourth-order valence-corrected chi connectivity index (χ4v) is 3.43. The van der Waals surface area contributed by atoms with Crippen LogP contribution < -0.4 is 5.32 Å².